The fourth-order valence-corrected chi connectivity index (χ4v) is 3.26. The third kappa shape index (κ3) is 7.42. The molecule has 3 aromatic rings. The van der Waals surface area contributed by atoms with Crippen molar-refractivity contribution in [1.29, 1.82) is 0 Å². The average Bonchev–Trinajstić information content (AvgIpc) is 3.28. The van der Waals surface area contributed by atoms with E-state index < -0.39 is 18.0 Å². The number of anilines is 1. The summed E-state index contributed by atoms with van der Waals surface area (Å²) in [7, 11) is 0. The van der Waals surface area contributed by atoms with Gasteiger partial charge in [-0.3, -0.25) is 10.1 Å². The highest BCUT2D eigenvalue weighted by Gasteiger charge is 2.16. The van der Waals surface area contributed by atoms with Gasteiger partial charge < -0.3 is 25.6 Å². The molecule has 0 aliphatic carbocycles. The Morgan fingerprint density at radius 1 is 1.18 bits per heavy atom. The maximum absolute atomic E-state index is 13.5. The fourth-order valence-electron chi connectivity index (χ4n) is 2.87. The van der Waals surface area contributed by atoms with Crippen molar-refractivity contribution in [3.8, 4) is 11.3 Å². The topological polar surface area (TPSA) is 132 Å². The molecular weight excluding hydrogens is 488 g/mol. The number of hydrogen-bond donors (Lipinski definition) is 4. The average molecular weight is 510 g/mol. The van der Waals surface area contributed by atoms with Gasteiger partial charge in [0, 0.05) is 29.7 Å². The van der Waals surface area contributed by atoms with Crippen LogP contribution in [0.4, 0.5) is 15.1 Å². The van der Waals surface area contributed by atoms with Crippen LogP contribution < -0.4 is 21.7 Å². The number of ether oxygens (including phenoxy) is 1. The first-order chi connectivity index (χ1) is 16.4. The molecule has 5 N–H and O–H groups in total. The third-order valence-corrected chi connectivity index (χ3v) is 5.21. The third-order valence-electron chi connectivity index (χ3n) is 4.55. The van der Waals surface area contributed by atoms with Crippen molar-refractivity contribution in [2.24, 2.45) is 5.73 Å². The van der Waals surface area contributed by atoms with E-state index in [-0.39, 0.29) is 43.1 Å². The van der Waals surface area contributed by atoms with Gasteiger partial charge in [-0.15, -0.1) is 0 Å². The summed E-state index contributed by atoms with van der Waals surface area (Å²) in [6.07, 6.45) is -0.805. The molecular formula is C22H22Cl2FN5O4. The zero-order valence-electron chi connectivity index (χ0n) is 17.8. The number of carbonyl (C=O) groups excluding carboxylic acids is 2. The molecule has 3 rings (SSSR count). The van der Waals surface area contributed by atoms with Crippen molar-refractivity contribution in [3.63, 3.8) is 0 Å². The molecule has 1 atom stereocenters. The van der Waals surface area contributed by atoms with Gasteiger partial charge in [0.25, 0.3) is 0 Å². The lowest BCUT2D eigenvalue weighted by Gasteiger charge is -2.17. The van der Waals surface area contributed by atoms with Crippen molar-refractivity contribution >= 4 is 41.1 Å². The van der Waals surface area contributed by atoms with Crippen molar-refractivity contribution in [3.05, 3.63) is 70.0 Å². The molecule has 0 spiro atoms. The lowest BCUT2D eigenvalue weighted by atomic mass is 10.1. The molecule has 9 nitrogen and oxygen atoms in total. The van der Waals surface area contributed by atoms with Gasteiger partial charge in [-0.05, 0) is 23.8 Å². The van der Waals surface area contributed by atoms with E-state index in [2.05, 4.69) is 21.1 Å². The number of amides is 2. The second-order valence-corrected chi connectivity index (χ2v) is 7.94. The minimum absolute atomic E-state index is 0.00102. The van der Waals surface area contributed by atoms with Crippen LogP contribution in [0.1, 0.15) is 5.56 Å². The summed E-state index contributed by atoms with van der Waals surface area (Å²) in [5.74, 6) is -0.836. The molecule has 0 fully saturated rings. The maximum Gasteiger partial charge on any atom is 0.414 e. The van der Waals surface area contributed by atoms with Crippen molar-refractivity contribution in [2.45, 2.75) is 12.6 Å². The number of carbonyl (C=O) groups is 2. The molecule has 0 aliphatic heterocycles. The van der Waals surface area contributed by atoms with Gasteiger partial charge in [0.05, 0.1) is 17.6 Å². The standard InChI is InChI=1S/C22H22Cl2FN5O4/c23-15-5-1-3-13(7-15)18-8-20(34-30-18)29-22(32)33-12-16(9-26)28-19(31)11-27-10-14-4-2-6-17(25)21(14)24/h1-8,16,27H,9-12,26H2,(H,28,31)(H,29,32)/t16-/m0/s1. The van der Waals surface area contributed by atoms with Crippen LogP contribution in [0.2, 0.25) is 10.0 Å². The summed E-state index contributed by atoms with van der Waals surface area (Å²) in [4.78, 5) is 24.2. The summed E-state index contributed by atoms with van der Waals surface area (Å²) in [6.45, 7) is -0.000493. The first-order valence-electron chi connectivity index (χ1n) is 10.1. The number of nitrogens with one attached hydrogen (secondary N) is 3. The molecule has 0 radical (unpaired) electrons. The van der Waals surface area contributed by atoms with Gasteiger partial charge in [-0.2, -0.15) is 0 Å². The van der Waals surface area contributed by atoms with Gasteiger partial charge in [-0.25, -0.2) is 9.18 Å². The molecule has 34 heavy (non-hydrogen) atoms. The van der Waals surface area contributed by atoms with Gasteiger partial charge in [-0.1, -0.05) is 52.6 Å². The zero-order valence-corrected chi connectivity index (χ0v) is 19.3. The van der Waals surface area contributed by atoms with Gasteiger partial charge in [0.2, 0.25) is 11.8 Å². The summed E-state index contributed by atoms with van der Waals surface area (Å²) >= 11 is 11.8. The molecule has 2 aromatic carbocycles. The van der Waals surface area contributed by atoms with E-state index in [4.69, 9.17) is 38.2 Å². The van der Waals surface area contributed by atoms with E-state index in [0.717, 1.165) is 5.56 Å². The van der Waals surface area contributed by atoms with Gasteiger partial charge >= 0.3 is 6.09 Å². The quantitative estimate of drug-likeness (QED) is 0.328. The van der Waals surface area contributed by atoms with Crippen LogP contribution in [0, 0.1) is 5.82 Å². The smallest absolute Gasteiger partial charge is 0.414 e. The summed E-state index contributed by atoms with van der Waals surface area (Å²) < 4.78 is 23.6. The molecule has 0 unspecified atom stereocenters. The SMILES string of the molecule is NC[C@@H](COC(=O)Nc1cc(-c2cccc(Cl)c2)no1)NC(=O)CNCc1cccc(F)c1Cl. The second kappa shape index (κ2) is 12.3. The van der Waals surface area contributed by atoms with Crippen LogP contribution in [0.15, 0.2) is 53.1 Å². The minimum Gasteiger partial charge on any atom is -0.447 e. The highest BCUT2D eigenvalue weighted by Crippen LogP contribution is 2.24. The lowest BCUT2D eigenvalue weighted by Crippen LogP contribution is -2.47. The Hall–Kier alpha value is -3.18. The van der Waals surface area contributed by atoms with Gasteiger partial charge in [0.15, 0.2) is 0 Å². The fraction of sp³-hybridized carbons (Fsp3) is 0.227. The Morgan fingerprint density at radius 2 is 1.97 bits per heavy atom. The number of aromatic nitrogens is 1. The Labute approximate surface area is 204 Å². The monoisotopic (exact) mass is 509 g/mol. The van der Waals surface area contributed by atoms with E-state index in [1.54, 1.807) is 30.3 Å². The van der Waals surface area contributed by atoms with Crippen LogP contribution in [0.25, 0.3) is 11.3 Å². The lowest BCUT2D eigenvalue weighted by molar-refractivity contribution is -0.121. The number of nitrogens with zero attached hydrogens (tertiary/aromatic N) is 1. The summed E-state index contributed by atoms with van der Waals surface area (Å²) in [5, 5.41) is 12.3. The normalized spacial score (nSPS) is 11.6. The van der Waals surface area contributed by atoms with Crippen molar-refractivity contribution in [1.82, 2.24) is 15.8 Å². The highest BCUT2D eigenvalue weighted by molar-refractivity contribution is 6.31. The molecule has 180 valence electrons. The maximum atomic E-state index is 13.5. The Balaban J connectivity index is 1.41. The summed E-state index contributed by atoms with van der Waals surface area (Å²) in [5.41, 5.74) is 7.38. The van der Waals surface area contributed by atoms with E-state index in [1.165, 1.54) is 18.2 Å². The molecule has 2 amide bonds. The minimum atomic E-state index is -0.805. The Morgan fingerprint density at radius 3 is 2.74 bits per heavy atom. The zero-order chi connectivity index (χ0) is 24.5. The Kier molecular flexibility index (Phi) is 9.23. The van der Waals surface area contributed by atoms with E-state index >= 15 is 0 Å². The summed E-state index contributed by atoms with van der Waals surface area (Å²) in [6, 6.07) is 12.3. The van der Waals surface area contributed by atoms with E-state index in [1.807, 2.05) is 0 Å². The number of benzene rings is 2. The Bertz CT molecular complexity index is 1140. The molecule has 1 aromatic heterocycles. The molecule has 0 saturated heterocycles. The molecule has 0 bridgehead atoms. The van der Waals surface area contributed by atoms with Crippen molar-refractivity contribution < 1.29 is 23.2 Å². The van der Waals surface area contributed by atoms with Crippen LogP contribution >= 0.6 is 23.2 Å². The predicted molar refractivity (Wildman–Crippen MR) is 126 cm³/mol. The molecule has 12 heteroatoms. The molecule has 0 aliphatic rings. The number of halogens is 3. The van der Waals surface area contributed by atoms with Crippen LogP contribution in [0.5, 0.6) is 0 Å². The number of hydrogen-bond acceptors (Lipinski definition) is 7. The number of rotatable bonds is 10. The molecule has 0 saturated carbocycles. The van der Waals surface area contributed by atoms with Crippen molar-refractivity contribution in [2.75, 3.05) is 25.0 Å². The highest BCUT2D eigenvalue weighted by atomic mass is 35.5. The largest absolute Gasteiger partial charge is 0.447 e. The number of nitrogens with two attached hydrogens (primary N) is 1. The van der Waals surface area contributed by atoms with Crippen LogP contribution in [0.3, 0.4) is 0 Å². The first kappa shape index (κ1) is 25.4. The van der Waals surface area contributed by atoms with E-state index in [0.29, 0.717) is 16.3 Å². The van der Waals surface area contributed by atoms with E-state index in [9.17, 15) is 14.0 Å². The second-order valence-electron chi connectivity index (χ2n) is 7.13. The predicted octanol–water partition coefficient (Wildman–Crippen LogP) is 3.57. The van der Waals surface area contributed by atoms with Crippen LogP contribution in [-0.4, -0.2) is 42.9 Å². The molecule has 1 heterocycles. The van der Waals surface area contributed by atoms with Gasteiger partial charge in [0.1, 0.15) is 18.1 Å². The first-order valence-corrected chi connectivity index (χ1v) is 10.9. The van der Waals surface area contributed by atoms with Crippen LogP contribution in [-0.2, 0) is 16.1 Å².